The Morgan fingerprint density at radius 3 is 0.812 bits per heavy atom. The highest BCUT2D eigenvalue weighted by atomic mass is 16.3. The minimum absolute atomic E-state index is 0.472. The van der Waals surface area contributed by atoms with Gasteiger partial charge in [-0.05, 0) is 48.5 Å². The zero-order chi connectivity index (χ0) is 21.9. The molecule has 0 aromatic heterocycles. The number of hydrogen-bond donors (Lipinski definition) is 2. The van der Waals surface area contributed by atoms with E-state index in [9.17, 15) is 10.2 Å². The molecule has 4 nitrogen and oxygen atoms in total. The second-order valence-electron chi connectivity index (χ2n) is 8.04. The van der Waals surface area contributed by atoms with Gasteiger partial charge in [-0.15, -0.1) is 0 Å². The molecule has 0 unspecified atom stereocenters. The average molecular weight is 423 g/mol. The number of aliphatic hydroxyl groups excluding tert-OH is 2. The molecule has 0 saturated heterocycles. The van der Waals surface area contributed by atoms with Crippen molar-refractivity contribution in [3.05, 3.63) is 121 Å². The Morgan fingerprint density at radius 2 is 0.594 bits per heavy atom. The minimum atomic E-state index is -0.772. The molecule has 0 aliphatic heterocycles. The first-order valence-electron chi connectivity index (χ1n) is 10.9. The summed E-state index contributed by atoms with van der Waals surface area (Å²) < 4.78 is 0. The standard InChI is InChI=1S/C28H26N2O2/c31-27-25(29(21-13-5-1-6-14-21)22-15-7-2-8-16-22)28(32)26(27)30(23-17-9-3-10-18-23)24-19-11-4-12-20-24/h1-20,25-28,31-32H. The summed E-state index contributed by atoms with van der Waals surface area (Å²) in [5, 5.41) is 23.0. The fourth-order valence-electron chi connectivity index (χ4n) is 4.61. The summed E-state index contributed by atoms with van der Waals surface area (Å²) in [4.78, 5) is 4.08. The van der Waals surface area contributed by atoms with Gasteiger partial charge in [0.25, 0.3) is 0 Å². The van der Waals surface area contributed by atoms with Gasteiger partial charge >= 0.3 is 0 Å². The summed E-state index contributed by atoms with van der Waals surface area (Å²) >= 11 is 0. The van der Waals surface area contributed by atoms with Gasteiger partial charge in [-0.2, -0.15) is 0 Å². The second kappa shape index (κ2) is 8.87. The van der Waals surface area contributed by atoms with E-state index in [1.807, 2.05) is 131 Å². The molecular formula is C28H26N2O2. The van der Waals surface area contributed by atoms with Crippen LogP contribution in [0.3, 0.4) is 0 Å². The molecule has 0 bridgehead atoms. The molecule has 1 saturated carbocycles. The average Bonchev–Trinajstić information content (AvgIpc) is 2.87. The number of anilines is 4. The number of para-hydroxylation sites is 4. The summed E-state index contributed by atoms with van der Waals surface area (Å²) in [6.07, 6.45) is -1.54. The van der Waals surface area contributed by atoms with Crippen molar-refractivity contribution in [1.82, 2.24) is 0 Å². The van der Waals surface area contributed by atoms with Crippen LogP contribution in [-0.2, 0) is 0 Å². The van der Waals surface area contributed by atoms with Gasteiger partial charge in [-0.3, -0.25) is 0 Å². The molecule has 0 heterocycles. The lowest BCUT2D eigenvalue weighted by atomic mass is 9.76. The Kier molecular flexibility index (Phi) is 5.63. The van der Waals surface area contributed by atoms with E-state index in [1.54, 1.807) is 0 Å². The lowest BCUT2D eigenvalue weighted by molar-refractivity contribution is -0.0691. The van der Waals surface area contributed by atoms with Crippen molar-refractivity contribution in [2.75, 3.05) is 9.80 Å². The van der Waals surface area contributed by atoms with Crippen LogP contribution in [0.25, 0.3) is 0 Å². The number of nitrogens with zero attached hydrogens (tertiary/aromatic N) is 2. The SMILES string of the molecule is OC1C(N(c2ccccc2)c2ccccc2)C(O)C1N(c1ccccc1)c1ccccc1. The Bertz CT molecular complexity index is 943. The molecule has 0 spiro atoms. The quantitative estimate of drug-likeness (QED) is 0.452. The smallest absolute Gasteiger partial charge is 0.101 e. The highest BCUT2D eigenvalue weighted by molar-refractivity contribution is 5.69. The third-order valence-electron chi connectivity index (χ3n) is 6.13. The first-order valence-corrected chi connectivity index (χ1v) is 10.9. The van der Waals surface area contributed by atoms with Gasteiger partial charge < -0.3 is 20.0 Å². The molecule has 0 radical (unpaired) electrons. The highest BCUT2D eigenvalue weighted by Gasteiger charge is 2.55. The van der Waals surface area contributed by atoms with Crippen molar-refractivity contribution in [3.8, 4) is 0 Å². The first-order chi connectivity index (χ1) is 15.8. The van der Waals surface area contributed by atoms with Crippen LogP contribution in [-0.4, -0.2) is 34.5 Å². The van der Waals surface area contributed by atoms with Gasteiger partial charge in [-0.25, -0.2) is 0 Å². The maximum atomic E-state index is 11.5. The topological polar surface area (TPSA) is 46.9 Å². The molecule has 4 aromatic carbocycles. The van der Waals surface area contributed by atoms with Gasteiger partial charge in [0.15, 0.2) is 0 Å². The van der Waals surface area contributed by atoms with Crippen molar-refractivity contribution >= 4 is 22.7 Å². The van der Waals surface area contributed by atoms with Crippen LogP contribution in [0, 0.1) is 0 Å². The monoisotopic (exact) mass is 422 g/mol. The normalized spacial score (nSPS) is 22.1. The minimum Gasteiger partial charge on any atom is -0.389 e. The molecule has 2 N–H and O–H groups in total. The van der Waals surface area contributed by atoms with Crippen molar-refractivity contribution in [1.29, 1.82) is 0 Å². The van der Waals surface area contributed by atoms with E-state index in [-0.39, 0.29) is 0 Å². The second-order valence-corrected chi connectivity index (χ2v) is 8.04. The first kappa shape index (κ1) is 20.3. The lowest BCUT2D eigenvalue weighted by Crippen LogP contribution is -2.73. The largest absolute Gasteiger partial charge is 0.389 e. The van der Waals surface area contributed by atoms with E-state index in [4.69, 9.17) is 0 Å². The van der Waals surface area contributed by atoms with E-state index in [1.165, 1.54) is 0 Å². The Balaban J connectivity index is 1.53. The molecule has 1 aliphatic rings. The maximum absolute atomic E-state index is 11.5. The molecule has 4 heteroatoms. The predicted octanol–water partition coefficient (Wildman–Crippen LogP) is 5.14. The highest BCUT2D eigenvalue weighted by Crippen LogP contribution is 2.42. The van der Waals surface area contributed by atoms with Crippen LogP contribution in [0.4, 0.5) is 22.7 Å². The molecule has 160 valence electrons. The molecule has 4 aromatic rings. The Labute approximate surface area is 188 Å². The Morgan fingerprint density at radius 1 is 0.375 bits per heavy atom. The van der Waals surface area contributed by atoms with Crippen LogP contribution >= 0.6 is 0 Å². The predicted molar refractivity (Wildman–Crippen MR) is 130 cm³/mol. The Hall–Kier alpha value is -3.60. The van der Waals surface area contributed by atoms with Gasteiger partial charge in [0.1, 0.15) is 12.2 Å². The van der Waals surface area contributed by atoms with Crippen LogP contribution in [0.1, 0.15) is 0 Å². The number of rotatable bonds is 6. The number of benzene rings is 4. The summed E-state index contributed by atoms with van der Waals surface area (Å²) in [5.41, 5.74) is 3.75. The van der Waals surface area contributed by atoms with Crippen molar-refractivity contribution in [2.24, 2.45) is 0 Å². The van der Waals surface area contributed by atoms with E-state index in [0.717, 1.165) is 22.7 Å². The van der Waals surface area contributed by atoms with Crippen molar-refractivity contribution in [2.45, 2.75) is 24.3 Å². The van der Waals surface area contributed by atoms with Crippen LogP contribution in [0.5, 0.6) is 0 Å². The zero-order valence-corrected chi connectivity index (χ0v) is 17.6. The molecule has 0 atom stereocenters. The third kappa shape index (κ3) is 3.64. The summed E-state index contributed by atoms with van der Waals surface area (Å²) in [6.45, 7) is 0. The van der Waals surface area contributed by atoms with E-state index >= 15 is 0 Å². The van der Waals surface area contributed by atoms with Gasteiger partial charge in [0, 0.05) is 22.7 Å². The van der Waals surface area contributed by atoms with Crippen molar-refractivity contribution in [3.63, 3.8) is 0 Å². The van der Waals surface area contributed by atoms with E-state index < -0.39 is 24.3 Å². The molecule has 32 heavy (non-hydrogen) atoms. The fraction of sp³-hybridized carbons (Fsp3) is 0.143. The zero-order valence-electron chi connectivity index (χ0n) is 17.6. The molecule has 0 amide bonds. The number of hydrogen-bond acceptors (Lipinski definition) is 4. The number of aliphatic hydroxyl groups is 2. The fourth-order valence-corrected chi connectivity index (χ4v) is 4.61. The van der Waals surface area contributed by atoms with Crippen LogP contribution < -0.4 is 9.80 Å². The summed E-state index contributed by atoms with van der Waals surface area (Å²) in [6, 6.07) is 38.8. The van der Waals surface area contributed by atoms with Gasteiger partial charge in [-0.1, -0.05) is 72.8 Å². The van der Waals surface area contributed by atoms with Crippen LogP contribution in [0.2, 0.25) is 0 Å². The van der Waals surface area contributed by atoms with E-state index in [2.05, 4.69) is 0 Å². The molecule has 1 aliphatic carbocycles. The molecular weight excluding hydrogens is 396 g/mol. The molecule has 5 rings (SSSR count). The lowest BCUT2D eigenvalue weighted by Gasteiger charge is -2.55. The molecule has 1 fully saturated rings. The van der Waals surface area contributed by atoms with Crippen molar-refractivity contribution < 1.29 is 10.2 Å². The third-order valence-corrected chi connectivity index (χ3v) is 6.13. The van der Waals surface area contributed by atoms with Gasteiger partial charge in [0.2, 0.25) is 0 Å². The van der Waals surface area contributed by atoms with Crippen LogP contribution in [0.15, 0.2) is 121 Å². The van der Waals surface area contributed by atoms with Gasteiger partial charge in [0.05, 0.1) is 12.1 Å². The summed E-state index contributed by atoms with van der Waals surface area (Å²) in [5.74, 6) is 0. The summed E-state index contributed by atoms with van der Waals surface area (Å²) in [7, 11) is 0. The maximum Gasteiger partial charge on any atom is 0.101 e. The van der Waals surface area contributed by atoms with E-state index in [0.29, 0.717) is 0 Å².